The molecule has 31 heavy (non-hydrogen) atoms. The minimum atomic E-state index is -0.469. The van der Waals surface area contributed by atoms with E-state index in [2.05, 4.69) is 5.32 Å². The van der Waals surface area contributed by atoms with Crippen molar-refractivity contribution in [1.29, 1.82) is 0 Å². The highest BCUT2D eigenvalue weighted by Gasteiger charge is 2.34. The molecule has 0 heterocycles. The van der Waals surface area contributed by atoms with Gasteiger partial charge in [-0.25, -0.2) is 4.39 Å². The molecule has 5 heteroatoms. The molecule has 0 aliphatic heterocycles. The number of hydrogen-bond donors (Lipinski definition) is 1. The topological polar surface area (TPSA) is 49.4 Å². The Morgan fingerprint density at radius 2 is 1.52 bits per heavy atom. The van der Waals surface area contributed by atoms with E-state index in [0.29, 0.717) is 11.1 Å². The lowest BCUT2D eigenvalue weighted by Gasteiger charge is -2.26. The van der Waals surface area contributed by atoms with Crippen LogP contribution in [0.1, 0.15) is 46.8 Å². The molecule has 0 bridgehead atoms. The standard InChI is InChI=1S/C26H25FN2O2/c27-23-14-8-7-13-21(23)18-29(22-15-16-22)25(30)17-24(19-9-3-1-4-10-19)28-26(31)20-11-5-2-6-12-20/h1-14,22,24H,15-18H2,(H,28,31). The first-order valence-corrected chi connectivity index (χ1v) is 10.6. The van der Waals surface area contributed by atoms with Crippen molar-refractivity contribution in [2.75, 3.05) is 0 Å². The van der Waals surface area contributed by atoms with Crippen LogP contribution in [0, 0.1) is 5.82 Å². The van der Waals surface area contributed by atoms with Gasteiger partial charge in [0, 0.05) is 23.7 Å². The van der Waals surface area contributed by atoms with Crippen molar-refractivity contribution < 1.29 is 14.0 Å². The molecule has 1 fully saturated rings. The number of benzene rings is 3. The highest BCUT2D eigenvalue weighted by molar-refractivity contribution is 5.94. The van der Waals surface area contributed by atoms with Gasteiger partial charge in [-0.05, 0) is 36.6 Å². The van der Waals surface area contributed by atoms with E-state index in [1.165, 1.54) is 6.07 Å². The summed E-state index contributed by atoms with van der Waals surface area (Å²) in [7, 11) is 0. The van der Waals surface area contributed by atoms with Crippen LogP contribution in [0.5, 0.6) is 0 Å². The average Bonchev–Trinajstić information content (AvgIpc) is 3.64. The molecule has 1 saturated carbocycles. The first-order chi connectivity index (χ1) is 15.1. The van der Waals surface area contributed by atoms with Gasteiger partial charge in [-0.3, -0.25) is 9.59 Å². The third kappa shape index (κ3) is 5.37. The summed E-state index contributed by atoms with van der Waals surface area (Å²) in [4.78, 5) is 27.8. The molecule has 0 spiro atoms. The van der Waals surface area contributed by atoms with Gasteiger partial charge >= 0.3 is 0 Å². The summed E-state index contributed by atoms with van der Waals surface area (Å²) in [5, 5.41) is 3.01. The molecule has 4 rings (SSSR count). The maximum absolute atomic E-state index is 14.2. The van der Waals surface area contributed by atoms with E-state index in [1.54, 1.807) is 47.4 Å². The molecule has 2 amide bonds. The zero-order valence-electron chi connectivity index (χ0n) is 17.2. The van der Waals surface area contributed by atoms with Crippen LogP contribution in [0.2, 0.25) is 0 Å². The van der Waals surface area contributed by atoms with Crippen LogP contribution in [0.4, 0.5) is 4.39 Å². The normalized spacial score (nSPS) is 14.0. The second kappa shape index (κ2) is 9.56. The summed E-state index contributed by atoms with van der Waals surface area (Å²) in [5.74, 6) is -0.625. The Labute approximate surface area is 181 Å². The van der Waals surface area contributed by atoms with Gasteiger partial charge in [0.1, 0.15) is 5.82 Å². The summed E-state index contributed by atoms with van der Waals surface area (Å²) < 4.78 is 14.2. The maximum atomic E-state index is 14.2. The SMILES string of the molecule is O=C(NC(CC(=O)N(Cc1ccccc1F)C1CC1)c1ccccc1)c1ccccc1. The quantitative estimate of drug-likeness (QED) is 0.569. The number of carbonyl (C=O) groups is 2. The van der Waals surface area contributed by atoms with Crippen LogP contribution >= 0.6 is 0 Å². The van der Waals surface area contributed by atoms with Crippen molar-refractivity contribution in [3.63, 3.8) is 0 Å². The van der Waals surface area contributed by atoms with Crippen LogP contribution in [0.3, 0.4) is 0 Å². The van der Waals surface area contributed by atoms with Gasteiger partial charge in [-0.1, -0.05) is 66.7 Å². The van der Waals surface area contributed by atoms with E-state index in [4.69, 9.17) is 0 Å². The second-order valence-electron chi connectivity index (χ2n) is 7.85. The zero-order chi connectivity index (χ0) is 21.6. The largest absolute Gasteiger partial charge is 0.345 e. The Morgan fingerprint density at radius 3 is 2.16 bits per heavy atom. The Balaban J connectivity index is 1.53. The van der Waals surface area contributed by atoms with Gasteiger partial charge in [0.2, 0.25) is 5.91 Å². The van der Waals surface area contributed by atoms with Crippen molar-refractivity contribution in [3.8, 4) is 0 Å². The molecule has 0 radical (unpaired) electrons. The monoisotopic (exact) mass is 416 g/mol. The van der Waals surface area contributed by atoms with E-state index in [-0.39, 0.29) is 36.6 Å². The Bertz CT molecular complexity index is 1040. The molecule has 3 aromatic rings. The molecule has 3 aromatic carbocycles. The highest BCUT2D eigenvalue weighted by atomic mass is 19.1. The van der Waals surface area contributed by atoms with Crippen LogP contribution in [-0.4, -0.2) is 22.8 Å². The number of nitrogens with one attached hydrogen (secondary N) is 1. The predicted octanol–water partition coefficient (Wildman–Crippen LogP) is 4.88. The van der Waals surface area contributed by atoms with E-state index < -0.39 is 6.04 Å². The van der Waals surface area contributed by atoms with E-state index in [0.717, 1.165) is 18.4 Å². The van der Waals surface area contributed by atoms with Gasteiger partial charge in [-0.2, -0.15) is 0 Å². The number of hydrogen-bond acceptors (Lipinski definition) is 2. The Hall–Kier alpha value is -3.47. The second-order valence-corrected chi connectivity index (χ2v) is 7.85. The molecule has 1 unspecified atom stereocenters. The molecule has 4 nitrogen and oxygen atoms in total. The van der Waals surface area contributed by atoms with Gasteiger partial charge in [0.25, 0.3) is 5.91 Å². The number of nitrogens with zero attached hydrogens (tertiary/aromatic N) is 1. The lowest BCUT2D eigenvalue weighted by Crippen LogP contribution is -2.37. The average molecular weight is 416 g/mol. The Morgan fingerprint density at radius 1 is 0.903 bits per heavy atom. The summed E-state index contributed by atoms with van der Waals surface area (Å²) in [5.41, 5.74) is 1.91. The molecule has 1 N–H and O–H groups in total. The van der Waals surface area contributed by atoms with Gasteiger partial charge in [-0.15, -0.1) is 0 Å². The lowest BCUT2D eigenvalue weighted by molar-refractivity contribution is -0.133. The summed E-state index contributed by atoms with van der Waals surface area (Å²) in [6.45, 7) is 0.240. The van der Waals surface area contributed by atoms with E-state index >= 15 is 0 Å². The Kier molecular flexibility index (Phi) is 6.41. The highest BCUT2D eigenvalue weighted by Crippen LogP contribution is 2.31. The number of rotatable bonds is 8. The molecule has 1 aliphatic rings. The molecule has 1 aliphatic carbocycles. The number of halogens is 1. The minimum Gasteiger partial charge on any atom is -0.345 e. The first-order valence-electron chi connectivity index (χ1n) is 10.6. The smallest absolute Gasteiger partial charge is 0.251 e. The summed E-state index contributed by atoms with van der Waals surface area (Å²) in [6, 6.07) is 24.7. The molecule has 1 atom stereocenters. The van der Waals surface area contributed by atoms with Crippen LogP contribution < -0.4 is 5.32 Å². The summed E-state index contributed by atoms with van der Waals surface area (Å²) >= 11 is 0. The third-order valence-corrected chi connectivity index (χ3v) is 5.53. The third-order valence-electron chi connectivity index (χ3n) is 5.53. The van der Waals surface area contributed by atoms with Crippen molar-refractivity contribution in [2.45, 2.75) is 37.9 Å². The fourth-order valence-electron chi connectivity index (χ4n) is 3.68. The summed E-state index contributed by atoms with van der Waals surface area (Å²) in [6.07, 6.45) is 1.96. The lowest BCUT2D eigenvalue weighted by atomic mass is 10.0. The number of amides is 2. The molecular weight excluding hydrogens is 391 g/mol. The van der Waals surface area contributed by atoms with Gasteiger partial charge in [0.05, 0.1) is 12.5 Å². The maximum Gasteiger partial charge on any atom is 0.251 e. The van der Waals surface area contributed by atoms with Crippen molar-refractivity contribution >= 4 is 11.8 Å². The van der Waals surface area contributed by atoms with Crippen molar-refractivity contribution in [3.05, 3.63) is 107 Å². The first kappa shape index (κ1) is 20.8. The minimum absolute atomic E-state index is 0.0898. The number of carbonyl (C=O) groups excluding carboxylic acids is 2. The molecule has 0 saturated heterocycles. The van der Waals surface area contributed by atoms with Gasteiger partial charge in [0.15, 0.2) is 0 Å². The fourth-order valence-corrected chi connectivity index (χ4v) is 3.68. The molecular formula is C26H25FN2O2. The fraction of sp³-hybridized carbons (Fsp3) is 0.231. The van der Waals surface area contributed by atoms with Gasteiger partial charge < -0.3 is 10.2 Å². The molecule has 0 aromatic heterocycles. The zero-order valence-corrected chi connectivity index (χ0v) is 17.2. The van der Waals surface area contributed by atoms with Crippen LogP contribution in [0.15, 0.2) is 84.9 Å². The van der Waals surface area contributed by atoms with Crippen molar-refractivity contribution in [2.24, 2.45) is 0 Å². The van der Waals surface area contributed by atoms with E-state index in [1.807, 2.05) is 36.4 Å². The van der Waals surface area contributed by atoms with Crippen LogP contribution in [0.25, 0.3) is 0 Å². The van der Waals surface area contributed by atoms with Crippen molar-refractivity contribution in [1.82, 2.24) is 10.2 Å². The van der Waals surface area contributed by atoms with E-state index in [9.17, 15) is 14.0 Å². The van der Waals surface area contributed by atoms with Crippen LogP contribution in [-0.2, 0) is 11.3 Å². The predicted molar refractivity (Wildman–Crippen MR) is 118 cm³/mol. The molecule has 158 valence electrons.